The van der Waals surface area contributed by atoms with E-state index in [-0.39, 0.29) is 5.82 Å². The Morgan fingerprint density at radius 2 is 1.93 bits per heavy atom. The normalized spacial score (nSPS) is 14.0. The lowest BCUT2D eigenvalue weighted by Crippen LogP contribution is -2.44. The highest BCUT2D eigenvalue weighted by Gasteiger charge is 2.21. The van der Waals surface area contributed by atoms with Gasteiger partial charge in [0.25, 0.3) is 0 Å². The van der Waals surface area contributed by atoms with E-state index in [0.717, 1.165) is 59.9 Å². The lowest BCUT2D eigenvalue weighted by Gasteiger charge is -2.32. The maximum atomic E-state index is 13.6. The summed E-state index contributed by atoms with van der Waals surface area (Å²) in [6.45, 7) is 2.35. The molecule has 2 aromatic carbocycles. The number of methoxy groups -OCH3 is 2. The SMILES string of the molecule is CN=C(NCCc1c[nH]c2ccc(F)cc12)N1CCc2cc(OC)c(OC)cc2C1. The lowest BCUT2D eigenvalue weighted by molar-refractivity contribution is 0.346. The van der Waals surface area contributed by atoms with Gasteiger partial charge in [-0.05, 0) is 59.9 Å². The molecule has 0 bridgehead atoms. The Kier molecular flexibility index (Phi) is 5.79. The van der Waals surface area contributed by atoms with E-state index in [1.165, 1.54) is 17.2 Å². The first kappa shape index (κ1) is 20.1. The minimum absolute atomic E-state index is 0.217. The molecule has 0 amide bonds. The predicted molar refractivity (Wildman–Crippen MR) is 117 cm³/mol. The number of aromatic nitrogens is 1. The number of aromatic amines is 1. The molecule has 0 atom stereocenters. The number of aliphatic imine (C=N–C) groups is 1. The third-order valence-electron chi connectivity index (χ3n) is 5.64. The number of fused-ring (bicyclic) bond motifs is 2. The first-order valence-electron chi connectivity index (χ1n) is 10.1. The van der Waals surface area contributed by atoms with E-state index >= 15 is 0 Å². The van der Waals surface area contributed by atoms with Gasteiger partial charge in [0.15, 0.2) is 17.5 Å². The largest absolute Gasteiger partial charge is 0.493 e. The molecule has 1 aliphatic heterocycles. The summed E-state index contributed by atoms with van der Waals surface area (Å²) in [6, 6.07) is 8.95. The molecule has 2 heterocycles. The van der Waals surface area contributed by atoms with Crippen molar-refractivity contribution in [2.75, 3.05) is 34.4 Å². The number of rotatable bonds is 5. The fraction of sp³-hybridized carbons (Fsp3) is 0.348. The van der Waals surface area contributed by atoms with Crippen LogP contribution in [0.3, 0.4) is 0 Å². The molecule has 4 rings (SSSR count). The van der Waals surface area contributed by atoms with E-state index in [9.17, 15) is 4.39 Å². The van der Waals surface area contributed by atoms with Crippen molar-refractivity contribution >= 4 is 16.9 Å². The molecule has 0 saturated heterocycles. The molecule has 30 heavy (non-hydrogen) atoms. The number of halogens is 1. The monoisotopic (exact) mass is 410 g/mol. The summed E-state index contributed by atoms with van der Waals surface area (Å²) in [5.41, 5.74) is 4.54. The Morgan fingerprint density at radius 1 is 1.17 bits per heavy atom. The molecular weight excluding hydrogens is 383 g/mol. The molecular formula is C23H27FN4O2. The number of guanidine groups is 1. The van der Waals surface area contributed by atoms with Crippen molar-refractivity contribution < 1.29 is 13.9 Å². The topological polar surface area (TPSA) is 61.9 Å². The van der Waals surface area contributed by atoms with Gasteiger partial charge in [-0.25, -0.2) is 4.39 Å². The fourth-order valence-electron chi connectivity index (χ4n) is 4.06. The number of nitrogens with one attached hydrogen (secondary N) is 2. The van der Waals surface area contributed by atoms with Crippen molar-refractivity contribution in [3.8, 4) is 11.5 Å². The summed E-state index contributed by atoms with van der Waals surface area (Å²) < 4.78 is 24.5. The van der Waals surface area contributed by atoms with Crippen LogP contribution in [0.15, 0.2) is 41.5 Å². The average molecular weight is 410 g/mol. The zero-order valence-corrected chi connectivity index (χ0v) is 17.6. The van der Waals surface area contributed by atoms with Gasteiger partial charge in [-0.2, -0.15) is 0 Å². The minimum Gasteiger partial charge on any atom is -0.493 e. The van der Waals surface area contributed by atoms with Crippen molar-refractivity contribution in [1.82, 2.24) is 15.2 Å². The summed E-state index contributed by atoms with van der Waals surface area (Å²) in [7, 11) is 5.11. The van der Waals surface area contributed by atoms with Gasteiger partial charge in [0.05, 0.1) is 14.2 Å². The molecule has 3 aromatic rings. The second-order valence-electron chi connectivity index (χ2n) is 7.38. The predicted octanol–water partition coefficient (Wildman–Crippen LogP) is 3.50. The van der Waals surface area contributed by atoms with E-state index in [1.54, 1.807) is 33.4 Å². The number of hydrogen-bond acceptors (Lipinski definition) is 3. The molecule has 1 aromatic heterocycles. The van der Waals surface area contributed by atoms with E-state index in [0.29, 0.717) is 6.54 Å². The molecule has 2 N–H and O–H groups in total. The van der Waals surface area contributed by atoms with Gasteiger partial charge >= 0.3 is 0 Å². The van der Waals surface area contributed by atoms with E-state index < -0.39 is 0 Å². The van der Waals surface area contributed by atoms with Crippen LogP contribution in [-0.2, 0) is 19.4 Å². The smallest absolute Gasteiger partial charge is 0.193 e. The average Bonchev–Trinajstić information content (AvgIpc) is 3.17. The molecule has 0 radical (unpaired) electrons. The summed E-state index contributed by atoms with van der Waals surface area (Å²) in [5, 5.41) is 4.38. The molecule has 0 fully saturated rings. The maximum Gasteiger partial charge on any atom is 0.193 e. The number of ether oxygens (including phenoxy) is 2. The Hall–Kier alpha value is -3.22. The van der Waals surface area contributed by atoms with Crippen molar-refractivity contribution in [2.45, 2.75) is 19.4 Å². The van der Waals surface area contributed by atoms with Gasteiger partial charge in [0.1, 0.15) is 5.82 Å². The second kappa shape index (κ2) is 8.65. The molecule has 1 aliphatic rings. The van der Waals surface area contributed by atoms with E-state index in [4.69, 9.17) is 9.47 Å². The molecule has 0 aliphatic carbocycles. The van der Waals surface area contributed by atoms with Crippen molar-refractivity contribution in [2.24, 2.45) is 4.99 Å². The lowest BCUT2D eigenvalue weighted by atomic mass is 9.99. The third-order valence-corrected chi connectivity index (χ3v) is 5.64. The zero-order chi connectivity index (χ0) is 21.1. The van der Waals surface area contributed by atoms with Crippen LogP contribution in [0.2, 0.25) is 0 Å². The summed E-state index contributed by atoms with van der Waals surface area (Å²) in [6.07, 6.45) is 3.64. The molecule has 158 valence electrons. The van der Waals surface area contributed by atoms with Crippen LogP contribution in [0.5, 0.6) is 11.5 Å². The van der Waals surface area contributed by atoms with E-state index in [2.05, 4.69) is 26.3 Å². The van der Waals surface area contributed by atoms with Crippen molar-refractivity contribution in [1.29, 1.82) is 0 Å². The molecule has 6 nitrogen and oxygen atoms in total. The Balaban J connectivity index is 1.42. The van der Waals surface area contributed by atoms with Crippen LogP contribution >= 0.6 is 0 Å². The van der Waals surface area contributed by atoms with Gasteiger partial charge in [-0.3, -0.25) is 4.99 Å². The van der Waals surface area contributed by atoms with Crippen LogP contribution < -0.4 is 14.8 Å². The van der Waals surface area contributed by atoms with E-state index in [1.807, 2.05) is 12.3 Å². The quantitative estimate of drug-likeness (QED) is 0.499. The number of H-pyrrole nitrogens is 1. The van der Waals surface area contributed by atoms with Crippen LogP contribution in [0.1, 0.15) is 16.7 Å². The molecule has 0 spiro atoms. The second-order valence-corrected chi connectivity index (χ2v) is 7.38. The summed E-state index contributed by atoms with van der Waals surface area (Å²) in [4.78, 5) is 9.91. The summed E-state index contributed by atoms with van der Waals surface area (Å²) in [5.74, 6) is 2.16. The number of hydrogen-bond donors (Lipinski definition) is 2. The Morgan fingerprint density at radius 3 is 2.67 bits per heavy atom. The number of benzene rings is 2. The Bertz CT molecular complexity index is 1080. The van der Waals surface area contributed by atoms with Gasteiger partial charge in [-0.15, -0.1) is 0 Å². The van der Waals surface area contributed by atoms with Gasteiger partial charge in [0.2, 0.25) is 0 Å². The van der Waals surface area contributed by atoms with Crippen molar-refractivity contribution in [3.63, 3.8) is 0 Å². The van der Waals surface area contributed by atoms with Crippen LogP contribution in [0.4, 0.5) is 4.39 Å². The van der Waals surface area contributed by atoms with Crippen LogP contribution in [0.25, 0.3) is 10.9 Å². The van der Waals surface area contributed by atoms with Crippen molar-refractivity contribution in [3.05, 3.63) is 59.0 Å². The standard InChI is InChI=1S/C23H27FN4O2/c1-25-23(26-8-6-16-13-27-20-5-4-18(24)12-19(16)20)28-9-7-15-10-21(29-2)22(30-3)11-17(15)14-28/h4-5,10-13,27H,6-9,14H2,1-3H3,(H,25,26). The van der Waals surface area contributed by atoms with Gasteiger partial charge in [0, 0.05) is 43.8 Å². The van der Waals surface area contributed by atoms with Gasteiger partial charge < -0.3 is 24.7 Å². The minimum atomic E-state index is -0.217. The first-order valence-corrected chi connectivity index (χ1v) is 10.1. The van der Waals surface area contributed by atoms with Crippen LogP contribution in [0, 0.1) is 5.82 Å². The third kappa shape index (κ3) is 3.92. The molecule has 0 saturated carbocycles. The highest BCUT2D eigenvalue weighted by atomic mass is 19.1. The Labute approximate surface area is 175 Å². The highest BCUT2D eigenvalue weighted by Crippen LogP contribution is 2.33. The van der Waals surface area contributed by atoms with Crippen LogP contribution in [-0.4, -0.2) is 50.2 Å². The van der Waals surface area contributed by atoms with Gasteiger partial charge in [-0.1, -0.05) is 0 Å². The highest BCUT2D eigenvalue weighted by molar-refractivity contribution is 5.83. The first-order chi connectivity index (χ1) is 14.6. The maximum absolute atomic E-state index is 13.6. The molecule has 7 heteroatoms. The zero-order valence-electron chi connectivity index (χ0n) is 17.6. The number of nitrogens with zero attached hydrogens (tertiary/aromatic N) is 2. The summed E-state index contributed by atoms with van der Waals surface area (Å²) >= 11 is 0. The molecule has 0 unspecified atom stereocenters. The fourth-order valence-corrected chi connectivity index (χ4v) is 4.06.